The Hall–Kier alpha value is -3.10. The molecule has 37 heavy (non-hydrogen) atoms. The van der Waals surface area contributed by atoms with E-state index >= 15 is 0 Å². The first-order valence-electron chi connectivity index (χ1n) is 11.5. The third-order valence-corrected chi connectivity index (χ3v) is 8.68. The number of nitrogens with zero attached hydrogens (tertiary/aromatic N) is 1. The number of nitrogens with one attached hydrogen (secondary N) is 1. The Morgan fingerprint density at radius 2 is 1.81 bits per heavy atom. The number of rotatable bonds is 10. The van der Waals surface area contributed by atoms with Gasteiger partial charge in [0.1, 0.15) is 30.5 Å². The van der Waals surface area contributed by atoms with Gasteiger partial charge in [-0.1, -0.05) is 6.07 Å². The van der Waals surface area contributed by atoms with Crippen molar-refractivity contribution in [1.82, 2.24) is 9.79 Å². The van der Waals surface area contributed by atoms with E-state index < -0.39 is 58.4 Å². The van der Waals surface area contributed by atoms with Gasteiger partial charge >= 0.3 is 5.97 Å². The number of hydroxylamine groups is 1. The highest BCUT2D eigenvalue weighted by Crippen LogP contribution is 2.44. The maximum atomic E-state index is 13.8. The van der Waals surface area contributed by atoms with Crippen LogP contribution in [0.25, 0.3) is 0 Å². The van der Waals surface area contributed by atoms with Crippen LogP contribution in [0.1, 0.15) is 30.4 Å². The average Bonchev–Trinajstić information content (AvgIpc) is 3.44. The first-order chi connectivity index (χ1) is 17.6. The number of carboxylic acids is 1. The second-order valence-electron chi connectivity index (χ2n) is 8.96. The van der Waals surface area contributed by atoms with Crippen molar-refractivity contribution in [3.05, 3.63) is 59.4 Å². The van der Waals surface area contributed by atoms with Crippen molar-refractivity contribution in [3.8, 4) is 5.75 Å². The minimum atomic E-state index is -4.44. The van der Waals surface area contributed by atoms with Gasteiger partial charge in [-0.05, 0) is 54.4 Å². The van der Waals surface area contributed by atoms with Gasteiger partial charge in [0.25, 0.3) is 5.91 Å². The minimum Gasteiger partial charge on any atom is -0.489 e. The maximum Gasteiger partial charge on any atom is 0.304 e. The van der Waals surface area contributed by atoms with Crippen molar-refractivity contribution in [2.45, 2.75) is 55.4 Å². The van der Waals surface area contributed by atoms with Crippen LogP contribution < -0.4 is 10.2 Å². The molecule has 0 aromatic heterocycles. The summed E-state index contributed by atoms with van der Waals surface area (Å²) in [6.07, 6.45) is -2.03. The Kier molecular flexibility index (Phi) is 7.80. The van der Waals surface area contributed by atoms with Gasteiger partial charge in [-0.2, -0.15) is 4.31 Å². The summed E-state index contributed by atoms with van der Waals surface area (Å²) < 4.78 is 58.4. The predicted octanol–water partition coefficient (Wildman–Crippen LogP) is 1.96. The molecule has 13 heteroatoms. The van der Waals surface area contributed by atoms with Gasteiger partial charge in [0, 0.05) is 19.4 Å². The summed E-state index contributed by atoms with van der Waals surface area (Å²) in [7, 11) is -4.44. The van der Waals surface area contributed by atoms with Gasteiger partial charge in [-0.15, -0.1) is 0 Å². The molecule has 3 N–H and O–H groups in total. The van der Waals surface area contributed by atoms with E-state index in [2.05, 4.69) is 0 Å². The monoisotopic (exact) mass is 538 g/mol. The lowest BCUT2D eigenvalue weighted by Gasteiger charge is -2.38. The molecule has 2 fully saturated rings. The zero-order valence-electron chi connectivity index (χ0n) is 19.9. The molecule has 2 unspecified atom stereocenters. The zero-order chi connectivity index (χ0) is 26.8. The molecular weight excluding hydrogens is 511 g/mol. The molecule has 2 aliphatic rings. The molecule has 0 bridgehead atoms. The third-order valence-electron chi connectivity index (χ3n) is 6.70. The molecule has 2 aromatic carbocycles. The van der Waals surface area contributed by atoms with Crippen LogP contribution in [0.2, 0.25) is 0 Å². The predicted molar refractivity (Wildman–Crippen MR) is 125 cm³/mol. The smallest absolute Gasteiger partial charge is 0.304 e. The Morgan fingerprint density at radius 1 is 1.16 bits per heavy atom. The molecule has 4 rings (SSSR count). The van der Waals surface area contributed by atoms with Crippen LogP contribution >= 0.6 is 0 Å². The Bertz CT molecular complexity index is 1260. The van der Waals surface area contributed by atoms with Crippen molar-refractivity contribution >= 4 is 21.9 Å². The average molecular weight is 539 g/mol. The van der Waals surface area contributed by atoms with Crippen molar-refractivity contribution < 1.29 is 46.9 Å². The number of carbonyl (C=O) groups excluding carboxylic acids is 1. The largest absolute Gasteiger partial charge is 0.489 e. The summed E-state index contributed by atoms with van der Waals surface area (Å²) in [6, 6.07) is 9.67. The van der Waals surface area contributed by atoms with Crippen LogP contribution in [0.3, 0.4) is 0 Å². The van der Waals surface area contributed by atoms with Gasteiger partial charge in [-0.25, -0.2) is 18.3 Å². The van der Waals surface area contributed by atoms with Crippen LogP contribution in [0, 0.1) is 12.7 Å². The number of halogens is 1. The van der Waals surface area contributed by atoms with Gasteiger partial charge < -0.3 is 19.3 Å². The zero-order valence-corrected chi connectivity index (χ0v) is 20.7. The quantitative estimate of drug-likeness (QED) is 0.304. The van der Waals surface area contributed by atoms with Crippen molar-refractivity contribution in [1.29, 1.82) is 0 Å². The van der Waals surface area contributed by atoms with Gasteiger partial charge in [0.05, 0.1) is 23.5 Å². The number of carbonyl (C=O) groups is 2. The van der Waals surface area contributed by atoms with E-state index in [1.165, 1.54) is 41.9 Å². The lowest BCUT2D eigenvalue weighted by Crippen LogP contribution is -2.60. The van der Waals surface area contributed by atoms with Gasteiger partial charge in [0.2, 0.25) is 10.0 Å². The molecule has 1 saturated heterocycles. The summed E-state index contributed by atoms with van der Waals surface area (Å²) in [5.41, 5.74) is 1.16. The van der Waals surface area contributed by atoms with Crippen molar-refractivity contribution in [2.24, 2.45) is 0 Å². The number of aliphatic carboxylic acids is 1. The maximum absolute atomic E-state index is 13.8. The summed E-state index contributed by atoms with van der Waals surface area (Å²) in [6.45, 7) is 1.33. The molecule has 2 atom stereocenters. The first kappa shape index (κ1) is 26.9. The number of amides is 1. The molecule has 1 saturated carbocycles. The van der Waals surface area contributed by atoms with E-state index in [9.17, 15) is 32.7 Å². The Labute approximate surface area is 212 Å². The number of ether oxygens (including phenoxy) is 3. The molecule has 1 aliphatic carbocycles. The molecule has 1 heterocycles. The number of hydrogen-bond donors (Lipinski definition) is 3. The highest BCUT2D eigenvalue weighted by molar-refractivity contribution is 7.89. The fraction of sp³-hybridized carbons (Fsp3) is 0.417. The number of fused-ring (bicyclic) bond motifs is 1. The first-order valence-corrected chi connectivity index (χ1v) is 12.9. The number of carboxylic acid groups (broad SMARTS) is 1. The van der Waals surface area contributed by atoms with E-state index in [1.807, 2.05) is 6.92 Å². The van der Waals surface area contributed by atoms with Gasteiger partial charge in [-0.3, -0.25) is 14.8 Å². The minimum absolute atomic E-state index is 0.00928. The number of sulfonamides is 1. The molecule has 2 aromatic rings. The Morgan fingerprint density at radius 3 is 2.41 bits per heavy atom. The molecule has 0 radical (unpaired) electrons. The summed E-state index contributed by atoms with van der Waals surface area (Å²) in [5.74, 6) is -2.35. The SMILES string of the molecule is Cc1ccc(F)cc1COc1ccc(S(=O)(=O)N(CCC(=O)O)C2(C(=O)NO)CC3OCOC3C2)cc1. The summed E-state index contributed by atoms with van der Waals surface area (Å²) in [5, 5.41) is 18.7. The summed E-state index contributed by atoms with van der Waals surface area (Å²) >= 11 is 0. The molecule has 0 spiro atoms. The fourth-order valence-corrected chi connectivity index (χ4v) is 6.48. The number of aryl methyl sites for hydroxylation is 1. The normalized spacial score (nSPS) is 23.1. The van der Waals surface area contributed by atoms with E-state index in [4.69, 9.17) is 14.2 Å². The topological polar surface area (TPSA) is 152 Å². The number of benzene rings is 2. The number of hydrogen-bond acceptors (Lipinski definition) is 8. The van der Waals surface area contributed by atoms with E-state index in [0.29, 0.717) is 11.3 Å². The highest BCUT2D eigenvalue weighted by Gasteiger charge is 2.59. The fourth-order valence-electron chi connectivity index (χ4n) is 4.72. The van der Waals surface area contributed by atoms with Crippen LogP contribution in [0.5, 0.6) is 5.75 Å². The van der Waals surface area contributed by atoms with Crippen molar-refractivity contribution in [2.75, 3.05) is 13.3 Å². The second-order valence-corrected chi connectivity index (χ2v) is 10.8. The van der Waals surface area contributed by atoms with Crippen LogP contribution in [-0.4, -0.2) is 66.0 Å². The highest BCUT2D eigenvalue weighted by atomic mass is 32.2. The van der Waals surface area contributed by atoms with E-state index in [0.717, 1.165) is 9.87 Å². The van der Waals surface area contributed by atoms with E-state index in [-0.39, 0.29) is 31.1 Å². The Balaban J connectivity index is 1.61. The summed E-state index contributed by atoms with van der Waals surface area (Å²) in [4.78, 5) is 24.0. The third kappa shape index (κ3) is 5.45. The van der Waals surface area contributed by atoms with Crippen molar-refractivity contribution in [3.63, 3.8) is 0 Å². The van der Waals surface area contributed by atoms with E-state index in [1.54, 1.807) is 6.07 Å². The molecular formula is C24H27FN2O9S. The standard InChI is InChI=1S/C24H27FN2O9S/c1-15-2-3-17(25)10-16(15)13-34-18-4-6-19(7-5-18)37(32,33)27(9-8-22(28)29)24(23(30)26-31)11-20-21(12-24)36-14-35-20/h2-7,10,20-21,31H,8-9,11-14H2,1H3,(H,26,30)(H,28,29). The van der Waals surface area contributed by atoms with Gasteiger partial charge in [0.15, 0.2) is 0 Å². The van der Waals surface area contributed by atoms with Crippen LogP contribution in [-0.2, 0) is 35.7 Å². The molecule has 200 valence electrons. The second kappa shape index (κ2) is 10.7. The lowest BCUT2D eigenvalue weighted by atomic mass is 9.95. The molecule has 11 nitrogen and oxygen atoms in total. The molecule has 1 amide bonds. The lowest BCUT2D eigenvalue weighted by molar-refractivity contribution is -0.143. The molecule has 1 aliphatic heterocycles. The van der Waals surface area contributed by atoms with Crippen LogP contribution in [0.4, 0.5) is 4.39 Å². The van der Waals surface area contributed by atoms with Crippen LogP contribution in [0.15, 0.2) is 47.4 Å².